The molecule has 0 saturated heterocycles. The zero-order chi connectivity index (χ0) is 14.0. The molecule has 0 spiro atoms. The van der Waals surface area contributed by atoms with E-state index in [1.165, 1.54) is 23.5 Å². The molecule has 2 rings (SSSR count). The van der Waals surface area contributed by atoms with Crippen LogP contribution in [0, 0.1) is 18.2 Å². The van der Waals surface area contributed by atoms with Crippen molar-refractivity contribution < 1.29 is 9.18 Å². The summed E-state index contributed by atoms with van der Waals surface area (Å²) in [4.78, 5) is 16.1. The second-order valence-electron chi connectivity index (χ2n) is 4.81. The van der Waals surface area contributed by atoms with Crippen molar-refractivity contribution in [2.45, 2.75) is 26.8 Å². The summed E-state index contributed by atoms with van der Waals surface area (Å²) < 4.78 is 13.9. The number of rotatable bonds is 4. The van der Waals surface area contributed by atoms with Gasteiger partial charge in [0.05, 0.1) is 22.7 Å². The molecule has 5 heteroatoms. The third-order valence-corrected chi connectivity index (χ3v) is 3.78. The van der Waals surface area contributed by atoms with Crippen molar-refractivity contribution in [3.8, 4) is 0 Å². The largest absolute Gasteiger partial charge is 0.347 e. The van der Waals surface area contributed by atoms with Crippen molar-refractivity contribution in [1.82, 2.24) is 10.3 Å². The van der Waals surface area contributed by atoms with Gasteiger partial charge in [0, 0.05) is 0 Å². The van der Waals surface area contributed by atoms with Gasteiger partial charge in [0.15, 0.2) is 0 Å². The van der Waals surface area contributed by atoms with Gasteiger partial charge in [0.1, 0.15) is 10.8 Å². The lowest BCUT2D eigenvalue weighted by molar-refractivity contribution is -0.118. The molecule has 1 atom stereocenters. The topological polar surface area (TPSA) is 42.0 Å². The lowest BCUT2D eigenvalue weighted by Crippen LogP contribution is -2.27. The first-order valence-electron chi connectivity index (χ1n) is 6.17. The van der Waals surface area contributed by atoms with Gasteiger partial charge >= 0.3 is 0 Å². The molecule has 1 unspecified atom stereocenters. The van der Waals surface area contributed by atoms with Crippen molar-refractivity contribution >= 4 is 27.5 Å². The molecule has 0 saturated carbocycles. The summed E-state index contributed by atoms with van der Waals surface area (Å²) in [7, 11) is 0. The summed E-state index contributed by atoms with van der Waals surface area (Å²) in [5.74, 6) is -0.169. The monoisotopic (exact) mass is 279 g/mol. The van der Waals surface area contributed by atoms with Gasteiger partial charge in [-0.3, -0.25) is 4.79 Å². The van der Waals surface area contributed by atoms with E-state index >= 15 is 0 Å². The summed E-state index contributed by atoms with van der Waals surface area (Å²) in [6.45, 7) is 5.77. The van der Waals surface area contributed by atoms with Crippen LogP contribution in [0.4, 0.5) is 4.39 Å². The van der Waals surface area contributed by atoms with Crippen molar-refractivity contribution in [3.63, 3.8) is 0 Å². The molecule has 2 aromatic rings. The van der Waals surface area contributed by atoms with E-state index in [9.17, 15) is 9.18 Å². The lowest BCUT2D eigenvalue weighted by Gasteiger charge is -2.11. The van der Waals surface area contributed by atoms with Crippen LogP contribution < -0.4 is 5.32 Å². The van der Waals surface area contributed by atoms with E-state index in [-0.39, 0.29) is 23.7 Å². The highest BCUT2D eigenvalue weighted by Gasteiger charge is 2.15. The molecule has 0 aliphatic carbocycles. The van der Waals surface area contributed by atoms with Crippen LogP contribution in [-0.2, 0) is 4.79 Å². The highest BCUT2D eigenvalue weighted by Crippen LogP contribution is 2.26. The van der Waals surface area contributed by atoms with E-state index in [1.807, 2.05) is 20.8 Å². The van der Waals surface area contributed by atoms with E-state index in [0.717, 1.165) is 15.2 Å². The Hall–Kier alpha value is -1.49. The van der Waals surface area contributed by atoms with E-state index < -0.39 is 0 Å². The fraction of sp³-hybridized carbons (Fsp3) is 0.357. The Morgan fingerprint density at radius 1 is 1.42 bits per heavy atom. The molecule has 101 valence electrons. The van der Waals surface area contributed by atoms with Crippen LogP contribution in [0.2, 0.25) is 0 Å². The molecule has 0 fully saturated rings. The number of halogens is 1. The number of hydrogen-bond acceptors (Lipinski definition) is 3. The molecule has 1 heterocycles. The molecule has 0 aliphatic rings. The molecular formula is C14H16FN2OS. The third kappa shape index (κ3) is 3.50. The molecule has 0 bridgehead atoms. The number of carbonyl (C=O) groups excluding carboxylic acids is 1. The number of carbonyl (C=O) groups is 1. The van der Waals surface area contributed by atoms with Gasteiger partial charge in [-0.25, -0.2) is 9.37 Å². The average Bonchev–Trinajstić information content (AvgIpc) is 2.70. The first-order valence-corrected chi connectivity index (χ1v) is 6.98. The number of thiazole rings is 1. The predicted octanol–water partition coefficient (Wildman–Crippen LogP) is 3.47. The Bertz CT molecular complexity index is 594. The number of fused-ring (bicyclic) bond motifs is 1. The predicted molar refractivity (Wildman–Crippen MR) is 75.3 cm³/mol. The van der Waals surface area contributed by atoms with Crippen LogP contribution in [0.15, 0.2) is 18.2 Å². The molecule has 0 aliphatic heterocycles. The fourth-order valence-electron chi connectivity index (χ4n) is 1.73. The first kappa shape index (κ1) is 13.9. The normalized spacial score (nSPS) is 12.9. The van der Waals surface area contributed by atoms with Gasteiger partial charge in [0.25, 0.3) is 0 Å². The van der Waals surface area contributed by atoms with Crippen LogP contribution in [0.3, 0.4) is 0 Å². The van der Waals surface area contributed by atoms with Gasteiger partial charge in [-0.05, 0) is 31.0 Å². The van der Waals surface area contributed by atoms with Gasteiger partial charge in [-0.2, -0.15) is 0 Å². The highest BCUT2D eigenvalue weighted by molar-refractivity contribution is 7.18. The number of amides is 1. The number of aromatic nitrogens is 1. The van der Waals surface area contributed by atoms with Crippen LogP contribution in [-0.4, -0.2) is 10.9 Å². The first-order chi connectivity index (χ1) is 8.95. The lowest BCUT2D eigenvalue weighted by atomic mass is 10.1. The quantitative estimate of drug-likeness (QED) is 0.931. The molecule has 1 aromatic heterocycles. The van der Waals surface area contributed by atoms with E-state index in [0.29, 0.717) is 0 Å². The van der Waals surface area contributed by atoms with Crippen LogP contribution in [0.25, 0.3) is 10.2 Å². The number of nitrogens with zero attached hydrogens (tertiary/aromatic N) is 1. The van der Waals surface area contributed by atoms with Gasteiger partial charge in [-0.1, -0.05) is 13.8 Å². The minimum Gasteiger partial charge on any atom is -0.347 e. The van der Waals surface area contributed by atoms with Crippen molar-refractivity contribution in [1.29, 1.82) is 0 Å². The molecule has 1 aromatic carbocycles. The number of nitrogens with one attached hydrogen (secondary N) is 1. The minimum absolute atomic E-state index is 0.104. The van der Waals surface area contributed by atoms with Crippen molar-refractivity contribution in [2.24, 2.45) is 5.92 Å². The second kappa shape index (κ2) is 5.65. The maximum absolute atomic E-state index is 13.1. The Morgan fingerprint density at radius 3 is 2.84 bits per heavy atom. The molecule has 19 heavy (non-hydrogen) atoms. The van der Waals surface area contributed by atoms with Crippen molar-refractivity contribution in [3.05, 3.63) is 35.4 Å². The Kier molecular flexibility index (Phi) is 4.14. The maximum atomic E-state index is 13.1. The standard InChI is InChI=1S/C14H16FN2OS/c1-8(2)6-13(18)16-9(3)14-17-11-5-4-10(15)7-12(11)19-14/h4-9H,1-3H3,(H,16,18). The molecule has 1 amide bonds. The number of hydrogen-bond donors (Lipinski definition) is 1. The molecule has 1 radical (unpaired) electrons. The SMILES string of the molecule is CC(C)[CH]C(=O)NC(C)c1nc2ccc(F)cc2s1. The van der Waals surface area contributed by atoms with E-state index in [1.54, 1.807) is 12.5 Å². The van der Waals surface area contributed by atoms with Gasteiger partial charge < -0.3 is 5.32 Å². The summed E-state index contributed by atoms with van der Waals surface area (Å²) >= 11 is 1.40. The van der Waals surface area contributed by atoms with Crippen LogP contribution in [0.5, 0.6) is 0 Å². The Balaban J connectivity index is 2.13. The smallest absolute Gasteiger partial charge is 0.224 e. The van der Waals surface area contributed by atoms with E-state index in [2.05, 4.69) is 10.3 Å². The van der Waals surface area contributed by atoms with Gasteiger partial charge in [-0.15, -0.1) is 11.3 Å². The van der Waals surface area contributed by atoms with Crippen molar-refractivity contribution in [2.75, 3.05) is 0 Å². The van der Waals surface area contributed by atoms with Gasteiger partial charge in [0.2, 0.25) is 5.91 Å². The summed E-state index contributed by atoms with van der Waals surface area (Å²) in [5.41, 5.74) is 0.760. The zero-order valence-electron chi connectivity index (χ0n) is 11.1. The van der Waals surface area contributed by atoms with E-state index in [4.69, 9.17) is 0 Å². The van der Waals surface area contributed by atoms with Crippen LogP contribution >= 0.6 is 11.3 Å². The summed E-state index contributed by atoms with van der Waals surface area (Å²) in [6, 6.07) is 4.33. The molecule has 1 N–H and O–H groups in total. The summed E-state index contributed by atoms with van der Waals surface area (Å²) in [5, 5.41) is 3.65. The zero-order valence-corrected chi connectivity index (χ0v) is 11.9. The average molecular weight is 279 g/mol. The summed E-state index contributed by atoms with van der Waals surface area (Å²) in [6.07, 6.45) is 1.63. The Labute approximate surface area is 115 Å². The number of benzene rings is 1. The highest BCUT2D eigenvalue weighted by atomic mass is 32.1. The molecular weight excluding hydrogens is 263 g/mol. The molecule has 3 nitrogen and oxygen atoms in total. The van der Waals surface area contributed by atoms with Crippen LogP contribution in [0.1, 0.15) is 31.8 Å². The fourth-order valence-corrected chi connectivity index (χ4v) is 2.72. The Morgan fingerprint density at radius 2 is 2.16 bits per heavy atom. The third-order valence-electron chi connectivity index (χ3n) is 2.58. The minimum atomic E-state index is -0.271. The second-order valence-corrected chi connectivity index (χ2v) is 5.87. The maximum Gasteiger partial charge on any atom is 0.224 e.